The monoisotopic (exact) mass is 310 g/mol. The van der Waals surface area contributed by atoms with Crippen LogP contribution in [0.1, 0.15) is 48.2 Å². The molecule has 0 unspecified atom stereocenters. The van der Waals surface area contributed by atoms with Gasteiger partial charge in [-0.25, -0.2) is 13.6 Å². The highest BCUT2D eigenvalue weighted by molar-refractivity contribution is 7.89. The number of amides is 1. The van der Waals surface area contributed by atoms with Gasteiger partial charge in [0.15, 0.2) is 0 Å². The molecule has 0 heterocycles. The van der Waals surface area contributed by atoms with E-state index in [2.05, 4.69) is 5.32 Å². The average Bonchev–Trinajstić information content (AvgIpc) is 3.14. The van der Waals surface area contributed by atoms with E-state index in [1.165, 1.54) is 12.1 Å². The third-order valence-corrected chi connectivity index (χ3v) is 5.14. The van der Waals surface area contributed by atoms with Gasteiger partial charge in [0.05, 0.1) is 4.90 Å². The number of hydrogen-bond donors (Lipinski definition) is 2. The molecule has 1 aliphatic carbocycles. The summed E-state index contributed by atoms with van der Waals surface area (Å²) < 4.78 is 23.0. The molecule has 1 aromatic carbocycles. The number of hydrogen-bond acceptors (Lipinski definition) is 3. The van der Waals surface area contributed by atoms with Crippen molar-refractivity contribution >= 4 is 15.9 Å². The zero-order valence-corrected chi connectivity index (χ0v) is 13.7. The molecule has 21 heavy (non-hydrogen) atoms. The van der Waals surface area contributed by atoms with Crippen molar-refractivity contribution in [2.45, 2.75) is 51.0 Å². The van der Waals surface area contributed by atoms with E-state index in [-0.39, 0.29) is 16.3 Å². The molecule has 0 saturated heterocycles. The maximum atomic E-state index is 12.5. The molecule has 6 heteroatoms. The largest absolute Gasteiger partial charge is 0.347 e. The summed E-state index contributed by atoms with van der Waals surface area (Å²) >= 11 is 0. The summed E-state index contributed by atoms with van der Waals surface area (Å²) in [5, 5.41) is 8.18. The van der Waals surface area contributed by atoms with Crippen LogP contribution in [0, 0.1) is 19.8 Å². The molecular formula is C15H22N2O3S. The van der Waals surface area contributed by atoms with Crippen molar-refractivity contribution in [3.63, 3.8) is 0 Å². The van der Waals surface area contributed by atoms with Gasteiger partial charge in [-0.2, -0.15) is 0 Å². The standard InChI is InChI=1S/C15H22N2O3S/c1-9-7-12(21(16,19)20)8-13(10(9)2)14(18)17-15(3,4)11-5-6-11/h7-8,11H,5-6H2,1-4H3,(H,17,18)(H2,16,19,20). The molecule has 1 amide bonds. The Hall–Kier alpha value is -1.40. The van der Waals surface area contributed by atoms with Gasteiger partial charge < -0.3 is 5.32 Å². The van der Waals surface area contributed by atoms with E-state index in [9.17, 15) is 13.2 Å². The lowest BCUT2D eigenvalue weighted by Gasteiger charge is -2.27. The molecule has 1 aromatic rings. The van der Waals surface area contributed by atoms with Gasteiger partial charge in [-0.1, -0.05) is 0 Å². The Bertz CT molecular complexity index is 689. The SMILES string of the molecule is Cc1cc(S(N)(=O)=O)cc(C(=O)NC(C)(C)C2CC2)c1C. The van der Waals surface area contributed by atoms with E-state index in [4.69, 9.17) is 5.14 Å². The second-order valence-corrected chi connectivity index (χ2v) is 7.97. The fourth-order valence-electron chi connectivity index (χ4n) is 2.49. The van der Waals surface area contributed by atoms with Crippen LogP contribution in [0.2, 0.25) is 0 Å². The summed E-state index contributed by atoms with van der Waals surface area (Å²) in [5.41, 5.74) is 1.59. The van der Waals surface area contributed by atoms with Crippen LogP contribution in [0.25, 0.3) is 0 Å². The minimum Gasteiger partial charge on any atom is -0.347 e. The Balaban J connectivity index is 2.38. The predicted molar refractivity (Wildman–Crippen MR) is 81.6 cm³/mol. The summed E-state index contributed by atoms with van der Waals surface area (Å²) in [7, 11) is -3.83. The minimum atomic E-state index is -3.83. The molecule has 0 bridgehead atoms. The second-order valence-electron chi connectivity index (χ2n) is 6.41. The molecule has 1 saturated carbocycles. The summed E-state index contributed by atoms with van der Waals surface area (Å²) in [5.74, 6) is 0.238. The third-order valence-electron chi connectivity index (χ3n) is 4.25. The first-order chi connectivity index (χ1) is 9.52. The summed E-state index contributed by atoms with van der Waals surface area (Å²) in [6, 6.07) is 2.85. The number of carbonyl (C=O) groups is 1. The molecule has 0 atom stereocenters. The molecule has 2 rings (SSSR count). The number of nitrogens with two attached hydrogens (primary N) is 1. The first-order valence-corrected chi connectivity index (χ1v) is 8.53. The zero-order chi connectivity index (χ0) is 16.0. The lowest BCUT2D eigenvalue weighted by atomic mass is 9.96. The maximum absolute atomic E-state index is 12.5. The van der Waals surface area contributed by atoms with Gasteiger partial charge in [0.25, 0.3) is 5.91 Å². The van der Waals surface area contributed by atoms with Crippen molar-refractivity contribution in [1.82, 2.24) is 5.32 Å². The summed E-state index contributed by atoms with van der Waals surface area (Å²) in [4.78, 5) is 12.5. The third kappa shape index (κ3) is 3.44. The summed E-state index contributed by atoms with van der Waals surface area (Å²) in [6.07, 6.45) is 2.23. The quantitative estimate of drug-likeness (QED) is 0.889. The molecule has 1 fully saturated rings. The smallest absolute Gasteiger partial charge is 0.252 e. The van der Waals surface area contributed by atoms with E-state index in [1.807, 2.05) is 13.8 Å². The Labute approximate surface area is 126 Å². The van der Waals surface area contributed by atoms with Crippen molar-refractivity contribution in [3.05, 3.63) is 28.8 Å². The number of rotatable bonds is 4. The molecule has 116 valence electrons. The van der Waals surface area contributed by atoms with E-state index in [0.717, 1.165) is 24.0 Å². The van der Waals surface area contributed by atoms with Crippen LogP contribution in [0.5, 0.6) is 0 Å². The van der Waals surface area contributed by atoms with Gasteiger partial charge in [-0.15, -0.1) is 0 Å². The van der Waals surface area contributed by atoms with Gasteiger partial charge in [0.1, 0.15) is 0 Å². The van der Waals surface area contributed by atoms with Crippen LogP contribution in [0.15, 0.2) is 17.0 Å². The molecule has 1 aliphatic rings. The fraction of sp³-hybridized carbons (Fsp3) is 0.533. The van der Waals surface area contributed by atoms with Crippen LogP contribution in [0.4, 0.5) is 0 Å². The summed E-state index contributed by atoms with van der Waals surface area (Å²) in [6.45, 7) is 7.57. The Morgan fingerprint density at radius 1 is 1.29 bits per heavy atom. The van der Waals surface area contributed by atoms with E-state index in [0.29, 0.717) is 11.5 Å². The van der Waals surface area contributed by atoms with Crippen LogP contribution in [-0.4, -0.2) is 19.9 Å². The van der Waals surface area contributed by atoms with E-state index < -0.39 is 10.0 Å². The number of benzene rings is 1. The Morgan fingerprint density at radius 2 is 1.86 bits per heavy atom. The minimum absolute atomic E-state index is 0.0278. The lowest BCUT2D eigenvalue weighted by molar-refractivity contribution is 0.0902. The van der Waals surface area contributed by atoms with Crippen LogP contribution >= 0.6 is 0 Å². The van der Waals surface area contributed by atoms with Gasteiger partial charge in [-0.3, -0.25) is 4.79 Å². The second kappa shape index (κ2) is 5.10. The fourth-order valence-corrected chi connectivity index (χ4v) is 3.12. The first-order valence-electron chi connectivity index (χ1n) is 6.99. The van der Waals surface area contributed by atoms with Crippen molar-refractivity contribution in [2.24, 2.45) is 11.1 Å². The molecule has 0 radical (unpaired) electrons. The Morgan fingerprint density at radius 3 is 2.33 bits per heavy atom. The highest BCUT2D eigenvalue weighted by Crippen LogP contribution is 2.39. The van der Waals surface area contributed by atoms with Crippen molar-refractivity contribution in [3.8, 4) is 0 Å². The van der Waals surface area contributed by atoms with Crippen molar-refractivity contribution in [2.75, 3.05) is 0 Å². The van der Waals surface area contributed by atoms with Gasteiger partial charge in [0, 0.05) is 11.1 Å². The average molecular weight is 310 g/mol. The number of sulfonamides is 1. The lowest BCUT2D eigenvalue weighted by Crippen LogP contribution is -2.45. The number of nitrogens with one attached hydrogen (secondary N) is 1. The normalized spacial score (nSPS) is 15.9. The molecule has 3 N–H and O–H groups in total. The van der Waals surface area contributed by atoms with Crippen LogP contribution < -0.4 is 10.5 Å². The van der Waals surface area contributed by atoms with Gasteiger partial charge >= 0.3 is 0 Å². The predicted octanol–water partition coefficient (Wildman–Crippen LogP) is 1.87. The molecule has 5 nitrogen and oxygen atoms in total. The van der Waals surface area contributed by atoms with Crippen molar-refractivity contribution in [1.29, 1.82) is 0 Å². The van der Waals surface area contributed by atoms with Gasteiger partial charge in [0.2, 0.25) is 10.0 Å². The Kier molecular flexibility index (Phi) is 3.88. The van der Waals surface area contributed by atoms with Gasteiger partial charge in [-0.05, 0) is 69.7 Å². The van der Waals surface area contributed by atoms with E-state index in [1.54, 1.807) is 13.8 Å². The maximum Gasteiger partial charge on any atom is 0.252 e. The molecule has 0 aliphatic heterocycles. The molecule has 0 spiro atoms. The van der Waals surface area contributed by atoms with Crippen molar-refractivity contribution < 1.29 is 13.2 Å². The highest BCUT2D eigenvalue weighted by atomic mass is 32.2. The molecule has 0 aromatic heterocycles. The topological polar surface area (TPSA) is 89.3 Å². The number of carbonyl (C=O) groups excluding carboxylic acids is 1. The first kappa shape index (κ1) is 16.0. The number of aryl methyl sites for hydroxylation is 1. The van der Waals surface area contributed by atoms with E-state index >= 15 is 0 Å². The van der Waals surface area contributed by atoms with Crippen LogP contribution in [0.3, 0.4) is 0 Å². The highest BCUT2D eigenvalue weighted by Gasteiger charge is 2.39. The molecular weight excluding hydrogens is 288 g/mol. The van der Waals surface area contributed by atoms with Crippen LogP contribution in [-0.2, 0) is 10.0 Å². The zero-order valence-electron chi connectivity index (χ0n) is 12.9. The number of primary sulfonamides is 1.